The van der Waals surface area contributed by atoms with Crippen LogP contribution in [0.25, 0.3) is 6.08 Å². The second-order valence-electron chi connectivity index (χ2n) is 2.97. The number of nitrogens with zero attached hydrogens (tertiary/aromatic N) is 1. The average molecular weight is 207 g/mol. The molecule has 1 aromatic rings. The van der Waals surface area contributed by atoms with E-state index >= 15 is 0 Å². The molecule has 5 heteroatoms. The summed E-state index contributed by atoms with van der Waals surface area (Å²) in [5.74, 6) is -1.03. The largest absolute Gasteiger partial charge is 0.478 e. The normalized spacial score (nSPS) is 10.7. The monoisotopic (exact) mass is 207 g/mol. The van der Waals surface area contributed by atoms with Crippen molar-refractivity contribution in [3.8, 4) is 0 Å². The topological polar surface area (TPSA) is 88.2 Å². The number of carboxylic acids is 1. The fraction of sp³-hybridized carbons (Fsp3) is 0.200. The van der Waals surface area contributed by atoms with Gasteiger partial charge in [0.25, 0.3) is 0 Å². The molecule has 0 saturated heterocycles. The van der Waals surface area contributed by atoms with Crippen LogP contribution >= 0.6 is 0 Å². The van der Waals surface area contributed by atoms with Crippen LogP contribution in [0.1, 0.15) is 15.9 Å². The summed E-state index contributed by atoms with van der Waals surface area (Å²) in [6.07, 6.45) is 5.20. The summed E-state index contributed by atoms with van der Waals surface area (Å²) in [6.45, 7) is 0.715. The van der Waals surface area contributed by atoms with Crippen molar-refractivity contribution in [1.82, 2.24) is 10.3 Å². The lowest BCUT2D eigenvalue weighted by Gasteiger charge is -2.00. The molecule has 1 aromatic heterocycles. The highest BCUT2D eigenvalue weighted by molar-refractivity contribution is 5.93. The van der Waals surface area contributed by atoms with Gasteiger partial charge in [0.1, 0.15) is 11.4 Å². The lowest BCUT2D eigenvalue weighted by atomic mass is 10.2. The maximum absolute atomic E-state index is 10.7. The Bertz CT molecular complexity index is 388. The molecule has 0 fully saturated rings. The number of carbonyl (C=O) groups is 1. The first-order valence-electron chi connectivity index (χ1n) is 4.45. The van der Waals surface area contributed by atoms with Crippen LogP contribution in [0.3, 0.4) is 0 Å². The van der Waals surface area contributed by atoms with Gasteiger partial charge in [-0.2, -0.15) is 0 Å². The number of aromatic carboxylic acids is 1. The molecule has 0 saturated carbocycles. The van der Waals surface area contributed by atoms with Crippen LogP contribution in [0.15, 0.2) is 18.3 Å². The second-order valence-corrected chi connectivity index (χ2v) is 2.97. The molecule has 0 aliphatic carbocycles. The maximum atomic E-state index is 10.7. The molecular formula is C10H13N3O2. The minimum absolute atomic E-state index is 0.0293. The van der Waals surface area contributed by atoms with Crippen molar-refractivity contribution in [3.05, 3.63) is 29.5 Å². The zero-order valence-electron chi connectivity index (χ0n) is 8.40. The van der Waals surface area contributed by atoms with E-state index in [0.717, 1.165) is 5.56 Å². The number of likely N-dealkylation sites (N-methyl/N-ethyl adjacent to an activating group) is 1. The molecule has 0 radical (unpaired) electrons. The molecule has 4 N–H and O–H groups in total. The summed E-state index contributed by atoms with van der Waals surface area (Å²) in [5.41, 5.74) is 6.17. The van der Waals surface area contributed by atoms with Gasteiger partial charge in [-0.3, -0.25) is 0 Å². The van der Waals surface area contributed by atoms with E-state index in [4.69, 9.17) is 10.8 Å². The number of rotatable bonds is 4. The lowest BCUT2D eigenvalue weighted by Crippen LogP contribution is -2.05. The third-order valence-electron chi connectivity index (χ3n) is 1.80. The molecule has 1 heterocycles. The molecule has 15 heavy (non-hydrogen) atoms. The Balaban J connectivity index is 2.92. The van der Waals surface area contributed by atoms with Gasteiger partial charge in [0, 0.05) is 12.7 Å². The average Bonchev–Trinajstić information content (AvgIpc) is 2.20. The summed E-state index contributed by atoms with van der Waals surface area (Å²) < 4.78 is 0. The number of nitrogen functional groups attached to an aromatic ring is 1. The van der Waals surface area contributed by atoms with Gasteiger partial charge in [-0.25, -0.2) is 9.78 Å². The van der Waals surface area contributed by atoms with Crippen molar-refractivity contribution in [2.75, 3.05) is 19.3 Å². The number of pyridine rings is 1. The van der Waals surface area contributed by atoms with E-state index < -0.39 is 5.97 Å². The van der Waals surface area contributed by atoms with Gasteiger partial charge in [0.2, 0.25) is 0 Å². The quantitative estimate of drug-likeness (QED) is 0.672. The Morgan fingerprint density at radius 1 is 1.73 bits per heavy atom. The summed E-state index contributed by atoms with van der Waals surface area (Å²) in [5, 5.41) is 11.7. The Labute approximate surface area is 87.6 Å². The van der Waals surface area contributed by atoms with E-state index in [2.05, 4.69) is 10.3 Å². The fourth-order valence-corrected chi connectivity index (χ4v) is 1.07. The van der Waals surface area contributed by atoms with Crippen molar-refractivity contribution >= 4 is 17.9 Å². The Morgan fingerprint density at radius 3 is 3.07 bits per heavy atom. The number of anilines is 1. The van der Waals surface area contributed by atoms with Gasteiger partial charge in [-0.15, -0.1) is 0 Å². The predicted molar refractivity (Wildman–Crippen MR) is 58.6 cm³/mol. The third kappa shape index (κ3) is 3.07. The highest BCUT2D eigenvalue weighted by atomic mass is 16.4. The predicted octanol–water partition coefficient (Wildman–Crippen LogP) is 0.595. The minimum atomic E-state index is -1.07. The molecule has 80 valence electrons. The first-order chi connectivity index (χ1) is 7.15. The molecule has 0 spiro atoms. The third-order valence-corrected chi connectivity index (χ3v) is 1.80. The fourth-order valence-electron chi connectivity index (χ4n) is 1.07. The zero-order valence-corrected chi connectivity index (χ0v) is 8.40. The van der Waals surface area contributed by atoms with Crippen molar-refractivity contribution < 1.29 is 9.90 Å². The van der Waals surface area contributed by atoms with Crippen LogP contribution < -0.4 is 11.1 Å². The van der Waals surface area contributed by atoms with Gasteiger partial charge >= 0.3 is 5.97 Å². The van der Waals surface area contributed by atoms with Crippen LogP contribution in [-0.2, 0) is 0 Å². The van der Waals surface area contributed by atoms with Crippen LogP contribution in [-0.4, -0.2) is 29.7 Å². The number of nitrogens with two attached hydrogens (primary N) is 1. The summed E-state index contributed by atoms with van der Waals surface area (Å²) >= 11 is 0. The van der Waals surface area contributed by atoms with Crippen LogP contribution in [0.2, 0.25) is 0 Å². The standard InChI is InChI=1S/C10H13N3O2/c1-12-4-2-3-7-5-8(10(14)15)9(11)13-6-7/h2-3,5-6,12H,4H2,1H3,(H2,11,13)(H,14,15). The van der Waals surface area contributed by atoms with Gasteiger partial charge in [0.05, 0.1) is 0 Å². The second kappa shape index (κ2) is 5.11. The summed E-state index contributed by atoms with van der Waals surface area (Å²) in [6, 6.07) is 1.50. The van der Waals surface area contributed by atoms with E-state index in [1.54, 1.807) is 6.08 Å². The summed E-state index contributed by atoms with van der Waals surface area (Å²) in [7, 11) is 1.83. The van der Waals surface area contributed by atoms with Crippen molar-refractivity contribution in [2.45, 2.75) is 0 Å². The number of hydrogen-bond acceptors (Lipinski definition) is 4. The zero-order chi connectivity index (χ0) is 11.3. The van der Waals surface area contributed by atoms with Crippen molar-refractivity contribution in [2.24, 2.45) is 0 Å². The highest BCUT2D eigenvalue weighted by Gasteiger charge is 2.08. The van der Waals surface area contributed by atoms with E-state index in [-0.39, 0.29) is 11.4 Å². The molecule has 0 aliphatic heterocycles. The highest BCUT2D eigenvalue weighted by Crippen LogP contribution is 2.11. The number of nitrogens with one attached hydrogen (secondary N) is 1. The Morgan fingerprint density at radius 2 is 2.47 bits per heavy atom. The van der Waals surface area contributed by atoms with Gasteiger partial charge < -0.3 is 16.2 Å². The SMILES string of the molecule is CNCC=Cc1cnc(N)c(C(=O)O)c1. The molecule has 0 aliphatic rings. The molecule has 1 rings (SSSR count). The van der Waals surface area contributed by atoms with Gasteiger partial charge in [-0.1, -0.05) is 12.2 Å². The first-order valence-corrected chi connectivity index (χ1v) is 4.45. The van der Waals surface area contributed by atoms with Crippen LogP contribution in [0.5, 0.6) is 0 Å². The van der Waals surface area contributed by atoms with Crippen LogP contribution in [0.4, 0.5) is 5.82 Å². The molecule has 0 amide bonds. The Kier molecular flexibility index (Phi) is 3.82. The van der Waals surface area contributed by atoms with E-state index in [0.29, 0.717) is 6.54 Å². The van der Waals surface area contributed by atoms with E-state index in [1.807, 2.05) is 13.1 Å². The Hall–Kier alpha value is -1.88. The number of hydrogen-bond donors (Lipinski definition) is 3. The molecule has 0 unspecified atom stereocenters. The van der Waals surface area contributed by atoms with Gasteiger partial charge in [-0.05, 0) is 18.7 Å². The van der Waals surface area contributed by atoms with E-state index in [9.17, 15) is 4.79 Å². The smallest absolute Gasteiger partial charge is 0.339 e. The molecule has 0 aromatic carbocycles. The first kappa shape index (κ1) is 11.2. The van der Waals surface area contributed by atoms with Crippen molar-refractivity contribution in [3.63, 3.8) is 0 Å². The van der Waals surface area contributed by atoms with E-state index in [1.165, 1.54) is 12.3 Å². The molecule has 0 bridgehead atoms. The maximum Gasteiger partial charge on any atom is 0.339 e. The minimum Gasteiger partial charge on any atom is -0.478 e. The van der Waals surface area contributed by atoms with Crippen LogP contribution in [0, 0.1) is 0 Å². The molecular weight excluding hydrogens is 194 g/mol. The number of aromatic nitrogens is 1. The molecule has 0 atom stereocenters. The van der Waals surface area contributed by atoms with Gasteiger partial charge in [0.15, 0.2) is 0 Å². The summed E-state index contributed by atoms with van der Waals surface area (Å²) in [4.78, 5) is 14.6. The lowest BCUT2D eigenvalue weighted by molar-refractivity contribution is 0.0697. The van der Waals surface area contributed by atoms with Crippen molar-refractivity contribution in [1.29, 1.82) is 0 Å². The number of carboxylic acid groups (broad SMARTS) is 1. The molecule has 5 nitrogen and oxygen atoms in total.